The van der Waals surface area contributed by atoms with Crippen LogP contribution in [0.2, 0.25) is 0 Å². The lowest BCUT2D eigenvalue weighted by molar-refractivity contribution is -0.132. The zero-order chi connectivity index (χ0) is 23.8. The lowest BCUT2D eigenvalue weighted by Crippen LogP contribution is -2.57. The van der Waals surface area contributed by atoms with E-state index >= 15 is 0 Å². The highest BCUT2D eigenvalue weighted by Gasteiger charge is 2.57. The first-order valence-electron chi connectivity index (χ1n) is 11.4. The summed E-state index contributed by atoms with van der Waals surface area (Å²) in [5.41, 5.74) is 2.61. The highest BCUT2D eigenvalue weighted by atomic mass is 32.2. The Morgan fingerprint density at radius 1 is 1.06 bits per heavy atom. The maximum Gasteiger partial charge on any atom is 0.256 e. The smallest absolute Gasteiger partial charge is 0.256 e. The minimum atomic E-state index is -0.666. The predicted octanol–water partition coefficient (Wildman–Crippen LogP) is 3.88. The number of hydrogen-bond donors (Lipinski definition) is 2. The zero-order valence-electron chi connectivity index (χ0n) is 19.5. The summed E-state index contributed by atoms with van der Waals surface area (Å²) in [5.74, 6) is -0.398. The Kier molecular flexibility index (Phi) is 6.52. The fraction of sp³-hybridized carbons (Fsp3) is 0.423. The van der Waals surface area contributed by atoms with Gasteiger partial charge in [0.25, 0.3) is 5.91 Å². The van der Waals surface area contributed by atoms with E-state index in [2.05, 4.69) is 10.6 Å². The van der Waals surface area contributed by atoms with Gasteiger partial charge in [0.2, 0.25) is 11.8 Å². The molecule has 0 spiro atoms. The van der Waals surface area contributed by atoms with E-state index in [0.717, 1.165) is 11.1 Å². The molecule has 4 rings (SSSR count). The number of nitrogens with zero attached hydrogens (tertiary/aromatic N) is 1. The second-order valence-corrected chi connectivity index (χ2v) is 11.4. The van der Waals surface area contributed by atoms with Gasteiger partial charge in [0.1, 0.15) is 17.5 Å². The molecule has 0 saturated carbocycles. The van der Waals surface area contributed by atoms with Gasteiger partial charge >= 0.3 is 0 Å². The Hall–Kier alpha value is -2.80. The van der Waals surface area contributed by atoms with E-state index in [1.807, 2.05) is 82.3 Å². The highest BCUT2D eigenvalue weighted by Crippen LogP contribution is 2.56. The van der Waals surface area contributed by atoms with Crippen LogP contribution in [0.4, 0.5) is 0 Å². The molecule has 6 nitrogen and oxygen atoms in total. The summed E-state index contributed by atoms with van der Waals surface area (Å²) in [6.07, 6.45) is 0.518. The fourth-order valence-electron chi connectivity index (χ4n) is 4.67. The molecule has 2 heterocycles. The molecule has 0 bridgehead atoms. The van der Waals surface area contributed by atoms with E-state index in [4.69, 9.17) is 0 Å². The Labute approximate surface area is 199 Å². The summed E-state index contributed by atoms with van der Waals surface area (Å²) in [7, 11) is 0. The van der Waals surface area contributed by atoms with Gasteiger partial charge in [-0.2, -0.15) is 0 Å². The van der Waals surface area contributed by atoms with Gasteiger partial charge in [-0.3, -0.25) is 14.4 Å². The molecule has 2 N–H and O–H groups in total. The minimum Gasteiger partial charge on any atom is -0.350 e. The lowest BCUT2D eigenvalue weighted by atomic mass is 9.98. The third-order valence-corrected chi connectivity index (χ3v) is 7.73. The number of hydrogen-bond acceptors (Lipinski definition) is 4. The van der Waals surface area contributed by atoms with Crippen molar-refractivity contribution in [3.05, 3.63) is 71.3 Å². The monoisotopic (exact) mass is 465 g/mol. The van der Waals surface area contributed by atoms with Crippen LogP contribution in [0.15, 0.2) is 54.6 Å². The van der Waals surface area contributed by atoms with Gasteiger partial charge in [0, 0.05) is 16.9 Å². The van der Waals surface area contributed by atoms with E-state index in [-0.39, 0.29) is 29.0 Å². The second-order valence-electron chi connectivity index (χ2n) is 9.67. The molecule has 3 atom stereocenters. The maximum atomic E-state index is 13.6. The van der Waals surface area contributed by atoms with Crippen LogP contribution < -0.4 is 10.6 Å². The molecule has 0 aliphatic carbocycles. The predicted molar refractivity (Wildman–Crippen MR) is 130 cm³/mol. The molecule has 3 amide bonds. The van der Waals surface area contributed by atoms with Crippen LogP contribution in [0.5, 0.6) is 0 Å². The standard InChI is InChI=1S/C26H31N3O3S/c1-16(2)14-20(22(30)27-15-17-10-6-5-7-11-17)28-23(31)21-26(3,4)33-25-19-13-9-8-12-18(19)24(32)29(21)25/h5-13,16,20-21,25H,14-15H2,1-4H3,(H,27,30)(H,28,31)/t20-,21+,25+/m0/s1. The summed E-state index contributed by atoms with van der Waals surface area (Å²) in [6, 6.07) is 15.9. The molecule has 2 aromatic rings. The number of thioether (sulfide) groups is 1. The topological polar surface area (TPSA) is 78.5 Å². The molecule has 0 unspecified atom stereocenters. The van der Waals surface area contributed by atoms with Crippen LogP contribution in [-0.4, -0.2) is 39.5 Å². The third-order valence-electron chi connectivity index (χ3n) is 6.19. The second kappa shape index (κ2) is 9.21. The summed E-state index contributed by atoms with van der Waals surface area (Å²) in [4.78, 5) is 41.5. The van der Waals surface area contributed by atoms with E-state index < -0.39 is 16.8 Å². The summed E-state index contributed by atoms with van der Waals surface area (Å²) >= 11 is 1.62. The van der Waals surface area contributed by atoms with Crippen LogP contribution >= 0.6 is 11.8 Å². The molecule has 174 valence electrons. The summed E-state index contributed by atoms with van der Waals surface area (Å²) < 4.78 is -0.485. The lowest BCUT2D eigenvalue weighted by Gasteiger charge is -2.31. The molecule has 2 aromatic carbocycles. The molecular formula is C26H31N3O3S. The van der Waals surface area contributed by atoms with Gasteiger partial charge < -0.3 is 15.5 Å². The van der Waals surface area contributed by atoms with Crippen LogP contribution in [0.25, 0.3) is 0 Å². The average molecular weight is 466 g/mol. The van der Waals surface area contributed by atoms with Crippen molar-refractivity contribution in [3.63, 3.8) is 0 Å². The number of carbonyl (C=O) groups excluding carboxylic acids is 3. The van der Waals surface area contributed by atoms with Gasteiger partial charge in [-0.15, -0.1) is 11.8 Å². The zero-order valence-corrected chi connectivity index (χ0v) is 20.3. The van der Waals surface area contributed by atoms with E-state index in [1.165, 1.54) is 0 Å². The number of nitrogens with one attached hydrogen (secondary N) is 2. The molecule has 0 aromatic heterocycles. The largest absolute Gasteiger partial charge is 0.350 e. The van der Waals surface area contributed by atoms with Crippen LogP contribution in [0.3, 0.4) is 0 Å². The minimum absolute atomic E-state index is 0.122. The summed E-state index contributed by atoms with van der Waals surface area (Å²) in [5, 5.41) is 5.75. The van der Waals surface area contributed by atoms with Crippen molar-refractivity contribution in [2.75, 3.05) is 0 Å². The van der Waals surface area contributed by atoms with Crippen molar-refractivity contribution in [1.82, 2.24) is 15.5 Å². The first-order valence-corrected chi connectivity index (χ1v) is 12.3. The van der Waals surface area contributed by atoms with Crippen molar-refractivity contribution in [2.45, 2.75) is 62.9 Å². The average Bonchev–Trinajstić information content (AvgIpc) is 3.21. The van der Waals surface area contributed by atoms with Crippen molar-refractivity contribution in [1.29, 1.82) is 0 Å². The molecule has 1 fully saturated rings. The number of fused-ring (bicyclic) bond motifs is 3. The third kappa shape index (κ3) is 4.64. The Morgan fingerprint density at radius 2 is 1.73 bits per heavy atom. The molecule has 1 saturated heterocycles. The Balaban J connectivity index is 1.51. The number of amides is 3. The molecule has 2 aliphatic rings. The normalized spacial score (nSPS) is 21.5. The van der Waals surface area contributed by atoms with Gasteiger partial charge in [-0.1, -0.05) is 62.4 Å². The number of carbonyl (C=O) groups is 3. The number of rotatable bonds is 7. The first-order chi connectivity index (χ1) is 15.7. The maximum absolute atomic E-state index is 13.6. The van der Waals surface area contributed by atoms with E-state index in [0.29, 0.717) is 18.5 Å². The summed E-state index contributed by atoms with van der Waals surface area (Å²) in [6.45, 7) is 8.42. The molecule has 0 radical (unpaired) electrons. The molecule has 7 heteroatoms. The fourth-order valence-corrected chi connectivity index (χ4v) is 6.25. The van der Waals surface area contributed by atoms with Gasteiger partial charge in [-0.25, -0.2) is 0 Å². The highest BCUT2D eigenvalue weighted by molar-refractivity contribution is 8.01. The van der Waals surface area contributed by atoms with E-state index in [9.17, 15) is 14.4 Å². The van der Waals surface area contributed by atoms with Gasteiger partial charge in [0.05, 0.1) is 0 Å². The van der Waals surface area contributed by atoms with Crippen LogP contribution in [0, 0.1) is 5.92 Å². The first kappa shape index (κ1) is 23.4. The van der Waals surface area contributed by atoms with Gasteiger partial charge in [-0.05, 0) is 43.4 Å². The van der Waals surface area contributed by atoms with Crippen molar-refractivity contribution >= 4 is 29.5 Å². The molecule has 33 heavy (non-hydrogen) atoms. The Morgan fingerprint density at radius 3 is 2.42 bits per heavy atom. The van der Waals surface area contributed by atoms with E-state index in [1.54, 1.807) is 16.7 Å². The molecular weight excluding hydrogens is 434 g/mol. The quantitative estimate of drug-likeness (QED) is 0.651. The van der Waals surface area contributed by atoms with Crippen molar-refractivity contribution in [3.8, 4) is 0 Å². The molecule has 2 aliphatic heterocycles. The Bertz CT molecular complexity index is 1050. The van der Waals surface area contributed by atoms with Crippen molar-refractivity contribution in [2.24, 2.45) is 5.92 Å². The van der Waals surface area contributed by atoms with Crippen molar-refractivity contribution < 1.29 is 14.4 Å². The van der Waals surface area contributed by atoms with Gasteiger partial charge in [0.15, 0.2) is 0 Å². The van der Waals surface area contributed by atoms with Crippen LogP contribution in [0.1, 0.15) is 61.0 Å². The SMILES string of the molecule is CC(C)C[C@H](NC(=O)[C@H]1N2C(=O)c3ccccc3[C@H]2SC1(C)C)C(=O)NCc1ccccc1. The van der Waals surface area contributed by atoms with Crippen LogP contribution in [-0.2, 0) is 16.1 Å². The number of benzene rings is 2.